The van der Waals surface area contributed by atoms with Crippen molar-refractivity contribution in [2.45, 2.75) is 10.6 Å². The second kappa shape index (κ2) is 5.12. The first-order valence-corrected chi connectivity index (χ1v) is 7.25. The predicted molar refractivity (Wildman–Crippen MR) is 72.9 cm³/mol. The molecule has 2 N–H and O–H groups in total. The third-order valence-electron chi connectivity index (χ3n) is 2.74. The Morgan fingerprint density at radius 2 is 1.68 bits per heavy atom. The number of benzene rings is 2. The molecule has 5 heteroatoms. The van der Waals surface area contributed by atoms with Gasteiger partial charge in [0.2, 0.25) is 0 Å². The molecule has 0 atom stereocenters. The van der Waals surface area contributed by atoms with Gasteiger partial charge in [0.1, 0.15) is 0 Å². The van der Waals surface area contributed by atoms with Crippen LogP contribution in [0.5, 0.6) is 0 Å². The first-order chi connectivity index (χ1) is 9.04. The molecule has 0 amide bonds. The monoisotopic (exact) mass is 272 g/mol. The molecule has 0 aromatic heterocycles. The molecule has 0 heterocycles. The van der Waals surface area contributed by atoms with Crippen molar-refractivity contribution in [3.63, 3.8) is 0 Å². The summed E-state index contributed by atoms with van der Waals surface area (Å²) >= 11 is 0. The Balaban J connectivity index is 2.44. The minimum Gasteiger partial charge on any atom is -0.398 e. The topological polar surface area (TPSA) is 84.0 Å². The smallest absolute Gasteiger partial charge is 0.184 e. The van der Waals surface area contributed by atoms with Crippen molar-refractivity contribution < 1.29 is 8.42 Å². The number of nitrogen functional groups attached to an aromatic ring is 1. The number of nitrogens with two attached hydrogens (primary N) is 1. The van der Waals surface area contributed by atoms with Crippen molar-refractivity contribution >= 4 is 15.5 Å². The summed E-state index contributed by atoms with van der Waals surface area (Å²) in [5, 5.41) is 8.97. The molecule has 2 aromatic rings. The summed E-state index contributed by atoms with van der Waals surface area (Å²) in [6.45, 7) is 0. The van der Waals surface area contributed by atoms with Crippen LogP contribution in [0.4, 0.5) is 5.69 Å². The number of hydrogen-bond acceptors (Lipinski definition) is 4. The maximum atomic E-state index is 12.3. The molecule has 0 saturated carbocycles. The highest BCUT2D eigenvalue weighted by Crippen LogP contribution is 2.23. The van der Waals surface area contributed by atoms with Gasteiger partial charge in [-0.05, 0) is 23.8 Å². The van der Waals surface area contributed by atoms with Gasteiger partial charge in [-0.3, -0.25) is 0 Å². The van der Waals surface area contributed by atoms with E-state index in [-0.39, 0.29) is 16.3 Å². The lowest BCUT2D eigenvalue weighted by Crippen LogP contribution is -2.08. The Bertz CT molecular complexity index is 746. The van der Waals surface area contributed by atoms with Crippen LogP contribution >= 0.6 is 0 Å². The van der Waals surface area contributed by atoms with Gasteiger partial charge < -0.3 is 5.73 Å². The van der Waals surface area contributed by atoms with Crippen LogP contribution in [0.15, 0.2) is 53.4 Å². The van der Waals surface area contributed by atoms with E-state index in [2.05, 4.69) is 0 Å². The van der Waals surface area contributed by atoms with Crippen LogP contribution in [0, 0.1) is 11.3 Å². The summed E-state index contributed by atoms with van der Waals surface area (Å²) in [6.07, 6.45) is 0. The third kappa shape index (κ3) is 2.75. The lowest BCUT2D eigenvalue weighted by Gasteiger charge is -2.08. The minimum atomic E-state index is -3.55. The van der Waals surface area contributed by atoms with Crippen LogP contribution < -0.4 is 5.73 Å². The van der Waals surface area contributed by atoms with E-state index in [0.717, 1.165) is 0 Å². The van der Waals surface area contributed by atoms with Gasteiger partial charge >= 0.3 is 0 Å². The molecule has 0 unspecified atom stereocenters. The predicted octanol–water partition coefficient (Wildman–Crippen LogP) is 2.11. The Kier molecular flexibility index (Phi) is 3.54. The van der Waals surface area contributed by atoms with Gasteiger partial charge in [0.25, 0.3) is 0 Å². The number of sulfone groups is 1. The Labute approximate surface area is 112 Å². The highest BCUT2D eigenvalue weighted by atomic mass is 32.2. The molecule has 0 fully saturated rings. The largest absolute Gasteiger partial charge is 0.398 e. The fourth-order valence-electron chi connectivity index (χ4n) is 1.80. The maximum Gasteiger partial charge on any atom is 0.184 e. The van der Waals surface area contributed by atoms with E-state index in [9.17, 15) is 8.42 Å². The van der Waals surface area contributed by atoms with Gasteiger partial charge in [0, 0.05) is 0 Å². The molecule has 96 valence electrons. The second-order valence-corrected chi connectivity index (χ2v) is 6.02. The van der Waals surface area contributed by atoms with Crippen LogP contribution in [0.3, 0.4) is 0 Å². The Hall–Kier alpha value is -2.32. The Morgan fingerprint density at radius 1 is 1.05 bits per heavy atom. The number of rotatable bonds is 3. The molecule has 0 spiro atoms. The number of para-hydroxylation sites is 1. The highest BCUT2D eigenvalue weighted by molar-refractivity contribution is 7.90. The van der Waals surface area contributed by atoms with Crippen molar-refractivity contribution in [3.05, 3.63) is 59.7 Å². The first kappa shape index (κ1) is 13.1. The molecule has 4 nitrogen and oxygen atoms in total. The fourth-order valence-corrected chi connectivity index (χ4v) is 3.33. The van der Waals surface area contributed by atoms with Crippen molar-refractivity contribution in [2.24, 2.45) is 0 Å². The zero-order valence-corrected chi connectivity index (χ0v) is 10.9. The molecular formula is C14H12N2O2S. The average Bonchev–Trinajstić information content (AvgIpc) is 2.39. The maximum absolute atomic E-state index is 12.3. The normalized spacial score (nSPS) is 10.9. The molecule has 0 aliphatic carbocycles. The van der Waals surface area contributed by atoms with Gasteiger partial charge in [0.15, 0.2) is 9.84 Å². The SMILES string of the molecule is N#Cc1ccccc1CS(=O)(=O)c1ccccc1N. The molecule has 0 aliphatic heterocycles. The first-order valence-electron chi connectivity index (χ1n) is 5.60. The van der Waals surface area contributed by atoms with Gasteiger partial charge in [-0.15, -0.1) is 0 Å². The van der Waals surface area contributed by atoms with E-state index in [1.807, 2.05) is 6.07 Å². The standard InChI is InChI=1S/C14H12N2O2S/c15-9-11-5-1-2-6-12(11)10-19(17,18)14-8-4-3-7-13(14)16/h1-8H,10,16H2. The second-order valence-electron chi connectivity index (χ2n) is 4.07. The summed E-state index contributed by atoms with van der Waals surface area (Å²) in [7, 11) is -3.55. The van der Waals surface area contributed by atoms with Gasteiger partial charge in [-0.25, -0.2) is 8.42 Å². The van der Waals surface area contributed by atoms with E-state index in [1.165, 1.54) is 6.07 Å². The molecular weight excluding hydrogens is 260 g/mol. The zero-order valence-electron chi connectivity index (χ0n) is 10.1. The van der Waals surface area contributed by atoms with E-state index in [4.69, 9.17) is 11.0 Å². The van der Waals surface area contributed by atoms with E-state index >= 15 is 0 Å². The molecule has 0 saturated heterocycles. The molecule has 0 radical (unpaired) electrons. The third-order valence-corrected chi connectivity index (χ3v) is 4.47. The quantitative estimate of drug-likeness (QED) is 0.867. The van der Waals surface area contributed by atoms with Gasteiger partial charge in [0.05, 0.1) is 28.0 Å². The van der Waals surface area contributed by atoms with Crippen molar-refractivity contribution in [3.8, 4) is 6.07 Å². The van der Waals surface area contributed by atoms with Gasteiger partial charge in [-0.1, -0.05) is 30.3 Å². The van der Waals surface area contributed by atoms with Gasteiger partial charge in [-0.2, -0.15) is 5.26 Å². The summed E-state index contributed by atoms with van der Waals surface area (Å²) in [5.41, 5.74) is 6.75. The van der Waals surface area contributed by atoms with Crippen LogP contribution in [-0.2, 0) is 15.6 Å². The summed E-state index contributed by atoms with van der Waals surface area (Å²) < 4.78 is 24.6. The highest BCUT2D eigenvalue weighted by Gasteiger charge is 2.19. The lowest BCUT2D eigenvalue weighted by atomic mass is 10.1. The molecule has 0 aliphatic rings. The number of anilines is 1. The van der Waals surface area contributed by atoms with Crippen molar-refractivity contribution in [1.82, 2.24) is 0 Å². The van der Waals surface area contributed by atoms with Crippen LogP contribution in [-0.4, -0.2) is 8.42 Å². The molecule has 19 heavy (non-hydrogen) atoms. The van der Waals surface area contributed by atoms with Crippen LogP contribution in [0.1, 0.15) is 11.1 Å². The van der Waals surface area contributed by atoms with Crippen molar-refractivity contribution in [2.75, 3.05) is 5.73 Å². The van der Waals surface area contributed by atoms with Crippen LogP contribution in [0.25, 0.3) is 0 Å². The molecule has 2 aromatic carbocycles. The summed E-state index contributed by atoms with van der Waals surface area (Å²) in [5.74, 6) is -0.231. The number of nitrogens with zero attached hydrogens (tertiary/aromatic N) is 1. The van der Waals surface area contributed by atoms with E-state index < -0.39 is 9.84 Å². The zero-order chi connectivity index (χ0) is 13.9. The fraction of sp³-hybridized carbons (Fsp3) is 0.0714. The summed E-state index contributed by atoms with van der Waals surface area (Å²) in [4.78, 5) is 0.0998. The summed E-state index contributed by atoms with van der Waals surface area (Å²) in [6, 6.07) is 14.9. The van der Waals surface area contributed by atoms with E-state index in [0.29, 0.717) is 11.1 Å². The lowest BCUT2D eigenvalue weighted by molar-refractivity contribution is 0.595. The number of hydrogen-bond donors (Lipinski definition) is 1. The van der Waals surface area contributed by atoms with Crippen LogP contribution in [0.2, 0.25) is 0 Å². The average molecular weight is 272 g/mol. The minimum absolute atomic E-state index is 0.0998. The van der Waals surface area contributed by atoms with Crippen molar-refractivity contribution in [1.29, 1.82) is 5.26 Å². The Morgan fingerprint density at radius 3 is 2.37 bits per heavy atom. The molecule has 0 bridgehead atoms. The molecule has 2 rings (SSSR count). The van der Waals surface area contributed by atoms with E-state index in [1.54, 1.807) is 42.5 Å². The number of nitriles is 1.